The van der Waals surface area contributed by atoms with Crippen LogP contribution in [0.3, 0.4) is 0 Å². The molecule has 0 spiro atoms. The molecule has 0 aromatic rings. The number of hydrogen-bond acceptors (Lipinski definition) is 4. The van der Waals surface area contributed by atoms with Crippen LogP contribution in [0.5, 0.6) is 0 Å². The van der Waals surface area contributed by atoms with Crippen LogP contribution in [0, 0.1) is 0 Å². The number of likely N-dealkylation sites (N-methyl/N-ethyl adjacent to an activating group) is 1. The highest BCUT2D eigenvalue weighted by atomic mass is 16.5. The smallest absolute Gasteiger partial charge is 0.309 e. The third-order valence-electron chi connectivity index (χ3n) is 4.62. The van der Waals surface area contributed by atoms with Crippen LogP contribution in [-0.2, 0) is 19.1 Å². The Morgan fingerprint density at radius 1 is 1.12 bits per heavy atom. The SMILES string of the molecule is CCC(CC)OC(=O)C/C=C/CC(=O)N1CCN(CC)C(=O)[C@H]1CC. The minimum atomic E-state index is -0.366. The Kier molecular flexibility index (Phi) is 9.24. The molecule has 25 heavy (non-hydrogen) atoms. The molecule has 6 nitrogen and oxygen atoms in total. The molecule has 6 heteroatoms. The van der Waals surface area contributed by atoms with Gasteiger partial charge in [-0.3, -0.25) is 14.4 Å². The standard InChI is InChI=1S/C19H32N2O4/c1-5-15(6-2)25-18(23)12-10-9-11-17(22)21-14-13-20(8-4)19(24)16(21)7-3/h9-10,15-16H,5-8,11-14H2,1-4H3/b10-9+/t16-/m1/s1. The zero-order chi connectivity index (χ0) is 18.8. The molecule has 0 aromatic heterocycles. The van der Waals surface area contributed by atoms with Crippen LogP contribution in [0.25, 0.3) is 0 Å². The van der Waals surface area contributed by atoms with E-state index in [0.29, 0.717) is 26.1 Å². The van der Waals surface area contributed by atoms with Crippen molar-refractivity contribution in [3.8, 4) is 0 Å². The molecule has 1 saturated heterocycles. The third-order valence-corrected chi connectivity index (χ3v) is 4.62. The predicted octanol–water partition coefficient (Wildman–Crippen LogP) is 2.52. The number of carbonyl (C=O) groups excluding carboxylic acids is 3. The Balaban J connectivity index is 2.47. The Morgan fingerprint density at radius 2 is 1.76 bits per heavy atom. The summed E-state index contributed by atoms with van der Waals surface area (Å²) in [6, 6.07) is -0.366. The van der Waals surface area contributed by atoms with Gasteiger partial charge in [-0.15, -0.1) is 0 Å². The number of nitrogens with zero attached hydrogens (tertiary/aromatic N) is 2. The molecule has 1 heterocycles. The van der Waals surface area contributed by atoms with Gasteiger partial charge in [-0.05, 0) is 26.2 Å². The van der Waals surface area contributed by atoms with Crippen molar-refractivity contribution in [1.82, 2.24) is 9.80 Å². The number of amides is 2. The predicted molar refractivity (Wildman–Crippen MR) is 96.9 cm³/mol. The highest BCUT2D eigenvalue weighted by Crippen LogP contribution is 2.16. The largest absolute Gasteiger partial charge is 0.462 e. The van der Waals surface area contributed by atoms with Crippen molar-refractivity contribution in [2.75, 3.05) is 19.6 Å². The first-order chi connectivity index (χ1) is 12.0. The number of carbonyl (C=O) groups is 3. The number of rotatable bonds is 9. The van der Waals surface area contributed by atoms with E-state index >= 15 is 0 Å². The molecule has 2 amide bonds. The third kappa shape index (κ3) is 6.18. The lowest BCUT2D eigenvalue weighted by atomic mass is 10.1. The van der Waals surface area contributed by atoms with Gasteiger partial charge in [0.25, 0.3) is 0 Å². The maximum Gasteiger partial charge on any atom is 0.309 e. The summed E-state index contributed by atoms with van der Waals surface area (Å²) < 4.78 is 5.31. The number of esters is 1. The first kappa shape index (κ1) is 21.2. The summed E-state index contributed by atoms with van der Waals surface area (Å²) >= 11 is 0. The van der Waals surface area contributed by atoms with Crippen LogP contribution >= 0.6 is 0 Å². The van der Waals surface area contributed by atoms with Gasteiger partial charge in [0, 0.05) is 26.1 Å². The summed E-state index contributed by atoms with van der Waals surface area (Å²) in [5.74, 6) is -0.307. The van der Waals surface area contributed by atoms with Crippen molar-refractivity contribution < 1.29 is 19.1 Å². The maximum atomic E-state index is 12.4. The average molecular weight is 352 g/mol. The normalized spacial score (nSPS) is 18.3. The molecule has 142 valence electrons. The molecule has 1 rings (SSSR count). The second-order valence-corrected chi connectivity index (χ2v) is 6.24. The number of ether oxygens (including phenoxy) is 1. The lowest BCUT2D eigenvalue weighted by Gasteiger charge is -2.40. The van der Waals surface area contributed by atoms with Crippen LogP contribution in [-0.4, -0.2) is 59.4 Å². The molecule has 1 aliphatic rings. The summed E-state index contributed by atoms with van der Waals surface area (Å²) in [4.78, 5) is 39.9. The molecule has 0 radical (unpaired) electrons. The molecule has 0 aromatic carbocycles. The second kappa shape index (κ2) is 10.9. The fraction of sp³-hybridized carbons (Fsp3) is 0.737. The summed E-state index contributed by atoms with van der Waals surface area (Å²) in [5.41, 5.74) is 0. The lowest BCUT2D eigenvalue weighted by molar-refractivity contribution is -0.151. The Morgan fingerprint density at radius 3 is 2.32 bits per heavy atom. The molecular formula is C19H32N2O4. The first-order valence-corrected chi connectivity index (χ1v) is 9.41. The zero-order valence-corrected chi connectivity index (χ0v) is 16.0. The van der Waals surface area contributed by atoms with E-state index < -0.39 is 0 Å². The van der Waals surface area contributed by atoms with Crippen LogP contribution in [0.2, 0.25) is 0 Å². The lowest BCUT2D eigenvalue weighted by Crippen LogP contribution is -2.58. The van der Waals surface area contributed by atoms with Crippen molar-refractivity contribution in [2.45, 2.75) is 71.9 Å². The number of piperazine rings is 1. The van der Waals surface area contributed by atoms with Crippen LogP contribution in [0.1, 0.15) is 59.8 Å². The molecule has 1 fully saturated rings. The van der Waals surface area contributed by atoms with E-state index in [2.05, 4.69) is 0 Å². The van der Waals surface area contributed by atoms with Gasteiger partial charge in [-0.1, -0.05) is 32.9 Å². The highest BCUT2D eigenvalue weighted by molar-refractivity contribution is 5.89. The zero-order valence-electron chi connectivity index (χ0n) is 16.0. The molecule has 1 atom stereocenters. The van der Waals surface area contributed by atoms with E-state index in [9.17, 15) is 14.4 Å². The topological polar surface area (TPSA) is 66.9 Å². The van der Waals surface area contributed by atoms with Gasteiger partial charge in [-0.2, -0.15) is 0 Å². The van der Waals surface area contributed by atoms with Gasteiger partial charge in [0.15, 0.2) is 0 Å². The Bertz CT molecular complexity index is 486. The quantitative estimate of drug-likeness (QED) is 0.472. The van der Waals surface area contributed by atoms with Crippen LogP contribution in [0.15, 0.2) is 12.2 Å². The van der Waals surface area contributed by atoms with Crippen LogP contribution in [0.4, 0.5) is 0 Å². The van der Waals surface area contributed by atoms with Gasteiger partial charge in [0.2, 0.25) is 11.8 Å². The Hall–Kier alpha value is -1.85. The Labute approximate surface area is 151 Å². The summed E-state index contributed by atoms with van der Waals surface area (Å²) in [6.45, 7) is 9.68. The van der Waals surface area contributed by atoms with E-state index in [1.54, 1.807) is 22.0 Å². The molecule has 0 unspecified atom stereocenters. The minimum Gasteiger partial charge on any atom is -0.462 e. The average Bonchev–Trinajstić information content (AvgIpc) is 2.62. The number of hydrogen-bond donors (Lipinski definition) is 0. The fourth-order valence-corrected chi connectivity index (χ4v) is 3.02. The highest BCUT2D eigenvalue weighted by Gasteiger charge is 2.34. The second-order valence-electron chi connectivity index (χ2n) is 6.24. The van der Waals surface area contributed by atoms with Crippen LogP contribution < -0.4 is 0 Å². The fourth-order valence-electron chi connectivity index (χ4n) is 3.02. The van der Waals surface area contributed by atoms with E-state index in [4.69, 9.17) is 4.74 Å². The monoisotopic (exact) mass is 352 g/mol. The minimum absolute atomic E-state index is 0.0299. The van der Waals surface area contributed by atoms with Gasteiger partial charge in [0.1, 0.15) is 12.1 Å². The molecule has 0 saturated carbocycles. The van der Waals surface area contributed by atoms with Crippen molar-refractivity contribution >= 4 is 17.8 Å². The molecule has 0 bridgehead atoms. The van der Waals surface area contributed by atoms with Gasteiger partial charge >= 0.3 is 5.97 Å². The molecule has 1 aliphatic heterocycles. The van der Waals surface area contributed by atoms with E-state index in [1.807, 2.05) is 27.7 Å². The van der Waals surface area contributed by atoms with Gasteiger partial charge in [-0.25, -0.2) is 0 Å². The molecular weight excluding hydrogens is 320 g/mol. The van der Waals surface area contributed by atoms with E-state index in [1.165, 1.54) is 0 Å². The van der Waals surface area contributed by atoms with Crippen molar-refractivity contribution in [1.29, 1.82) is 0 Å². The molecule has 0 N–H and O–H groups in total. The summed E-state index contributed by atoms with van der Waals surface area (Å²) in [5, 5.41) is 0. The first-order valence-electron chi connectivity index (χ1n) is 9.41. The van der Waals surface area contributed by atoms with Crippen molar-refractivity contribution in [2.24, 2.45) is 0 Å². The van der Waals surface area contributed by atoms with Gasteiger partial charge in [0.05, 0.1) is 6.42 Å². The van der Waals surface area contributed by atoms with Crippen molar-refractivity contribution in [3.05, 3.63) is 12.2 Å². The molecule has 0 aliphatic carbocycles. The summed E-state index contributed by atoms with van der Waals surface area (Å²) in [7, 11) is 0. The maximum absolute atomic E-state index is 12.4. The van der Waals surface area contributed by atoms with E-state index in [-0.39, 0.29) is 42.8 Å². The van der Waals surface area contributed by atoms with Gasteiger partial charge < -0.3 is 14.5 Å². The summed E-state index contributed by atoms with van der Waals surface area (Å²) in [6.07, 6.45) is 5.94. The van der Waals surface area contributed by atoms with Crippen molar-refractivity contribution in [3.63, 3.8) is 0 Å². The van der Waals surface area contributed by atoms with E-state index in [0.717, 1.165) is 12.8 Å².